The number of rotatable bonds is 4. The van der Waals surface area contributed by atoms with Gasteiger partial charge in [-0.2, -0.15) is 0 Å². The fourth-order valence-electron chi connectivity index (χ4n) is 1.69. The van der Waals surface area contributed by atoms with Gasteiger partial charge in [-0.05, 0) is 39.7 Å². The van der Waals surface area contributed by atoms with Crippen LogP contribution in [0.2, 0.25) is 5.02 Å². The minimum absolute atomic E-state index is 0.116. The van der Waals surface area contributed by atoms with Gasteiger partial charge in [-0.3, -0.25) is 0 Å². The number of hydrogen-bond donors (Lipinski definition) is 1. The van der Waals surface area contributed by atoms with Crippen molar-refractivity contribution in [1.82, 2.24) is 10.2 Å². The van der Waals surface area contributed by atoms with E-state index < -0.39 is 0 Å². The van der Waals surface area contributed by atoms with Crippen LogP contribution in [0.4, 0.5) is 4.79 Å². The lowest BCUT2D eigenvalue weighted by Gasteiger charge is -2.17. The van der Waals surface area contributed by atoms with Crippen molar-refractivity contribution in [3.05, 3.63) is 55.6 Å². The maximum atomic E-state index is 12.0. The van der Waals surface area contributed by atoms with Crippen LogP contribution in [0.3, 0.4) is 0 Å². The zero-order valence-corrected chi connectivity index (χ0v) is 14.1. The Morgan fingerprint density at radius 3 is 2.75 bits per heavy atom. The Morgan fingerprint density at radius 2 is 2.10 bits per heavy atom. The van der Waals surface area contributed by atoms with Crippen LogP contribution >= 0.6 is 38.9 Å². The molecule has 106 valence electrons. The van der Waals surface area contributed by atoms with Crippen molar-refractivity contribution < 1.29 is 4.79 Å². The topological polar surface area (TPSA) is 32.3 Å². The lowest BCUT2D eigenvalue weighted by Crippen LogP contribution is -2.36. The standard InChI is InChI=1S/C14H14BrClN2OS/c1-18(9-11-6-7-13(15)20-11)14(19)17-8-10-4-2-3-5-12(10)16/h2-7H,8-9H2,1H3,(H,17,19). The molecule has 0 fully saturated rings. The van der Waals surface area contributed by atoms with Crippen LogP contribution in [-0.2, 0) is 13.1 Å². The lowest BCUT2D eigenvalue weighted by atomic mass is 10.2. The summed E-state index contributed by atoms with van der Waals surface area (Å²) in [5.74, 6) is 0. The number of amides is 2. The maximum Gasteiger partial charge on any atom is 0.317 e. The van der Waals surface area contributed by atoms with Gasteiger partial charge in [0, 0.05) is 23.5 Å². The summed E-state index contributed by atoms with van der Waals surface area (Å²) in [5.41, 5.74) is 0.912. The molecule has 0 aliphatic carbocycles. The summed E-state index contributed by atoms with van der Waals surface area (Å²) >= 11 is 11.1. The average Bonchev–Trinajstić information content (AvgIpc) is 2.82. The number of hydrogen-bond acceptors (Lipinski definition) is 2. The van der Waals surface area contributed by atoms with Crippen molar-refractivity contribution in [3.63, 3.8) is 0 Å². The molecule has 0 spiro atoms. The van der Waals surface area contributed by atoms with E-state index in [2.05, 4.69) is 21.2 Å². The summed E-state index contributed by atoms with van der Waals surface area (Å²) in [6.07, 6.45) is 0. The molecule has 0 unspecified atom stereocenters. The van der Waals surface area contributed by atoms with Gasteiger partial charge < -0.3 is 10.2 Å². The SMILES string of the molecule is CN(Cc1ccc(Br)s1)C(=O)NCc1ccccc1Cl. The average molecular weight is 374 g/mol. The molecule has 0 atom stereocenters. The van der Waals surface area contributed by atoms with E-state index in [1.165, 1.54) is 0 Å². The normalized spacial score (nSPS) is 10.3. The van der Waals surface area contributed by atoms with E-state index in [4.69, 9.17) is 11.6 Å². The number of nitrogens with one attached hydrogen (secondary N) is 1. The number of benzene rings is 1. The summed E-state index contributed by atoms with van der Waals surface area (Å²) in [6.45, 7) is 1.02. The summed E-state index contributed by atoms with van der Waals surface area (Å²) in [7, 11) is 1.77. The number of carbonyl (C=O) groups excluding carboxylic acids is 1. The second-order valence-electron chi connectivity index (χ2n) is 4.31. The van der Waals surface area contributed by atoms with Crippen molar-refractivity contribution in [2.24, 2.45) is 0 Å². The quantitative estimate of drug-likeness (QED) is 0.840. The molecule has 0 radical (unpaired) electrons. The van der Waals surface area contributed by atoms with Crippen molar-refractivity contribution in [1.29, 1.82) is 0 Å². The van der Waals surface area contributed by atoms with Gasteiger partial charge >= 0.3 is 6.03 Å². The Bertz CT molecular complexity index is 602. The Morgan fingerprint density at radius 1 is 1.35 bits per heavy atom. The largest absolute Gasteiger partial charge is 0.334 e. The Balaban J connectivity index is 1.87. The second-order valence-corrected chi connectivity index (χ2v) is 7.27. The van der Waals surface area contributed by atoms with Crippen molar-refractivity contribution in [2.75, 3.05) is 7.05 Å². The van der Waals surface area contributed by atoms with E-state index >= 15 is 0 Å². The third-order valence-corrected chi connectivity index (χ3v) is 4.73. The van der Waals surface area contributed by atoms with E-state index in [-0.39, 0.29) is 6.03 Å². The molecule has 3 nitrogen and oxygen atoms in total. The smallest absolute Gasteiger partial charge is 0.317 e. The summed E-state index contributed by atoms with van der Waals surface area (Å²) in [5, 5.41) is 3.53. The molecule has 20 heavy (non-hydrogen) atoms. The zero-order chi connectivity index (χ0) is 14.5. The van der Waals surface area contributed by atoms with Crippen LogP contribution in [0.5, 0.6) is 0 Å². The van der Waals surface area contributed by atoms with E-state index in [9.17, 15) is 4.79 Å². The molecule has 1 heterocycles. The highest BCUT2D eigenvalue weighted by atomic mass is 79.9. The van der Waals surface area contributed by atoms with Crippen LogP contribution in [-0.4, -0.2) is 18.0 Å². The van der Waals surface area contributed by atoms with Gasteiger partial charge in [0.05, 0.1) is 10.3 Å². The van der Waals surface area contributed by atoms with Crippen LogP contribution in [0.25, 0.3) is 0 Å². The predicted molar refractivity (Wildman–Crippen MR) is 87.2 cm³/mol. The molecule has 1 aromatic carbocycles. The van der Waals surface area contributed by atoms with E-state index in [0.717, 1.165) is 14.2 Å². The fraction of sp³-hybridized carbons (Fsp3) is 0.214. The third kappa shape index (κ3) is 4.23. The summed E-state index contributed by atoms with van der Waals surface area (Å²) in [6, 6.07) is 11.4. The van der Waals surface area contributed by atoms with Crippen LogP contribution in [0.15, 0.2) is 40.2 Å². The van der Waals surface area contributed by atoms with Crippen molar-refractivity contribution in [3.8, 4) is 0 Å². The third-order valence-electron chi connectivity index (χ3n) is 2.76. The van der Waals surface area contributed by atoms with Crippen LogP contribution in [0.1, 0.15) is 10.4 Å². The first-order valence-corrected chi connectivity index (χ1v) is 8.01. The Hall–Kier alpha value is -1.04. The number of carbonyl (C=O) groups is 1. The molecule has 1 N–H and O–H groups in total. The van der Waals surface area contributed by atoms with Gasteiger partial charge in [0.1, 0.15) is 0 Å². The molecule has 0 bridgehead atoms. The van der Waals surface area contributed by atoms with Gasteiger partial charge in [-0.15, -0.1) is 11.3 Å². The molecule has 0 saturated carbocycles. The van der Waals surface area contributed by atoms with E-state index in [1.54, 1.807) is 23.3 Å². The van der Waals surface area contributed by atoms with E-state index in [1.807, 2.05) is 36.4 Å². The van der Waals surface area contributed by atoms with Crippen molar-refractivity contribution >= 4 is 44.9 Å². The van der Waals surface area contributed by atoms with Crippen molar-refractivity contribution in [2.45, 2.75) is 13.1 Å². The van der Waals surface area contributed by atoms with Crippen LogP contribution < -0.4 is 5.32 Å². The molecule has 0 aliphatic rings. The highest BCUT2D eigenvalue weighted by molar-refractivity contribution is 9.11. The summed E-state index contributed by atoms with van der Waals surface area (Å²) < 4.78 is 1.07. The first kappa shape index (κ1) is 15.4. The second kappa shape index (κ2) is 7.11. The first-order chi connectivity index (χ1) is 9.56. The highest BCUT2D eigenvalue weighted by Crippen LogP contribution is 2.23. The Labute approximate surface area is 135 Å². The van der Waals surface area contributed by atoms with Gasteiger partial charge in [-0.1, -0.05) is 29.8 Å². The minimum atomic E-state index is -0.116. The molecule has 2 aromatic rings. The minimum Gasteiger partial charge on any atom is -0.334 e. The fourth-order valence-corrected chi connectivity index (χ4v) is 3.43. The van der Waals surface area contributed by atoms with Gasteiger partial charge in [0.2, 0.25) is 0 Å². The van der Waals surface area contributed by atoms with Gasteiger partial charge in [0.15, 0.2) is 0 Å². The molecule has 2 rings (SSSR count). The highest BCUT2D eigenvalue weighted by Gasteiger charge is 2.10. The predicted octanol–water partition coefficient (Wildman–Crippen LogP) is 4.51. The Kier molecular flexibility index (Phi) is 5.46. The number of nitrogens with zero attached hydrogens (tertiary/aromatic N) is 1. The molecule has 6 heteroatoms. The molecular formula is C14H14BrClN2OS. The van der Waals surface area contributed by atoms with E-state index in [0.29, 0.717) is 18.1 Å². The molecule has 0 saturated heterocycles. The monoisotopic (exact) mass is 372 g/mol. The van der Waals surface area contributed by atoms with Crippen LogP contribution in [0, 0.1) is 0 Å². The zero-order valence-electron chi connectivity index (χ0n) is 10.9. The number of urea groups is 1. The molecule has 0 aliphatic heterocycles. The first-order valence-electron chi connectivity index (χ1n) is 6.03. The molecule has 2 amide bonds. The summed E-state index contributed by atoms with van der Waals surface area (Å²) in [4.78, 5) is 14.8. The number of thiophene rings is 1. The van der Waals surface area contributed by atoms with Gasteiger partial charge in [-0.25, -0.2) is 4.79 Å². The molecular weight excluding hydrogens is 360 g/mol. The van der Waals surface area contributed by atoms with Gasteiger partial charge in [0.25, 0.3) is 0 Å². The maximum absolute atomic E-state index is 12.0. The number of halogens is 2. The lowest BCUT2D eigenvalue weighted by molar-refractivity contribution is 0.207. The molecule has 1 aromatic heterocycles.